The molecule has 0 aromatic carbocycles. The highest BCUT2D eigenvalue weighted by molar-refractivity contribution is 5.49. The maximum atomic E-state index is 5.32. The average Bonchev–Trinajstić information content (AvgIpc) is 2.48. The van der Waals surface area contributed by atoms with E-state index < -0.39 is 0 Å². The first-order chi connectivity index (χ1) is 10.2. The van der Waals surface area contributed by atoms with E-state index in [4.69, 9.17) is 9.72 Å². The van der Waals surface area contributed by atoms with Gasteiger partial charge in [-0.2, -0.15) is 0 Å². The lowest BCUT2D eigenvalue weighted by Crippen LogP contribution is -2.38. The number of aromatic nitrogens is 2. The minimum Gasteiger partial charge on any atom is -0.384 e. The number of rotatable bonds is 6. The molecule has 1 N–H and O–H groups in total. The number of nitrogens with one attached hydrogen (secondary N) is 1. The molecule has 1 atom stereocenters. The molecule has 118 valence electrons. The molecule has 5 heteroatoms. The summed E-state index contributed by atoms with van der Waals surface area (Å²) in [5.74, 6) is 1.89. The van der Waals surface area contributed by atoms with Crippen LogP contribution in [0.3, 0.4) is 0 Å². The van der Waals surface area contributed by atoms with Crippen molar-refractivity contribution < 1.29 is 4.74 Å². The van der Waals surface area contributed by atoms with E-state index in [1.807, 2.05) is 13.2 Å². The SMILES string of the molecule is CNCc1nc(C(C)C)ncc1N1CCCC(COC)C1. The van der Waals surface area contributed by atoms with Gasteiger partial charge >= 0.3 is 0 Å². The predicted molar refractivity (Wildman–Crippen MR) is 85.7 cm³/mol. The average molecular weight is 292 g/mol. The van der Waals surface area contributed by atoms with Gasteiger partial charge in [0.15, 0.2) is 0 Å². The zero-order valence-electron chi connectivity index (χ0n) is 13.7. The van der Waals surface area contributed by atoms with E-state index in [-0.39, 0.29) is 0 Å². The Morgan fingerprint density at radius 2 is 2.29 bits per heavy atom. The Labute approximate surface area is 128 Å². The minimum absolute atomic E-state index is 0.359. The van der Waals surface area contributed by atoms with Gasteiger partial charge in [-0.3, -0.25) is 0 Å². The van der Waals surface area contributed by atoms with Gasteiger partial charge in [0.25, 0.3) is 0 Å². The van der Waals surface area contributed by atoms with Crippen LogP contribution in [-0.4, -0.2) is 43.8 Å². The van der Waals surface area contributed by atoms with Gasteiger partial charge in [0.1, 0.15) is 5.82 Å². The molecule has 21 heavy (non-hydrogen) atoms. The van der Waals surface area contributed by atoms with Crippen LogP contribution in [0.15, 0.2) is 6.20 Å². The van der Waals surface area contributed by atoms with Crippen LogP contribution in [0, 0.1) is 5.92 Å². The van der Waals surface area contributed by atoms with Crippen molar-refractivity contribution in [2.45, 2.75) is 39.2 Å². The maximum absolute atomic E-state index is 5.32. The third kappa shape index (κ3) is 4.14. The summed E-state index contributed by atoms with van der Waals surface area (Å²) in [6.45, 7) is 8.00. The Balaban J connectivity index is 2.20. The van der Waals surface area contributed by atoms with Crippen molar-refractivity contribution in [2.24, 2.45) is 5.92 Å². The molecule has 1 aliphatic rings. The largest absolute Gasteiger partial charge is 0.384 e. The van der Waals surface area contributed by atoms with E-state index in [9.17, 15) is 0 Å². The Bertz CT molecular complexity index is 448. The van der Waals surface area contributed by atoms with Gasteiger partial charge in [-0.15, -0.1) is 0 Å². The number of anilines is 1. The number of hydrogen-bond acceptors (Lipinski definition) is 5. The number of piperidine rings is 1. The lowest BCUT2D eigenvalue weighted by molar-refractivity contribution is 0.143. The van der Waals surface area contributed by atoms with Crippen molar-refractivity contribution in [1.82, 2.24) is 15.3 Å². The fraction of sp³-hybridized carbons (Fsp3) is 0.750. The highest BCUT2D eigenvalue weighted by Gasteiger charge is 2.23. The lowest BCUT2D eigenvalue weighted by atomic mass is 9.98. The monoisotopic (exact) mass is 292 g/mol. The summed E-state index contributed by atoms with van der Waals surface area (Å²) in [6.07, 6.45) is 4.46. The highest BCUT2D eigenvalue weighted by atomic mass is 16.5. The normalized spacial score (nSPS) is 19.3. The van der Waals surface area contributed by atoms with Crippen LogP contribution in [0.4, 0.5) is 5.69 Å². The van der Waals surface area contributed by atoms with Crippen molar-refractivity contribution in [3.63, 3.8) is 0 Å². The summed E-state index contributed by atoms with van der Waals surface area (Å²) >= 11 is 0. The molecule has 0 aliphatic carbocycles. The van der Waals surface area contributed by atoms with E-state index in [1.54, 1.807) is 7.11 Å². The fourth-order valence-electron chi connectivity index (χ4n) is 2.92. The standard InChI is InChI=1S/C16H28N4O/c1-12(2)16-18-9-15(14(19-16)8-17-3)20-7-5-6-13(10-20)11-21-4/h9,12-13,17H,5-8,10-11H2,1-4H3. The zero-order valence-corrected chi connectivity index (χ0v) is 13.7. The van der Waals surface area contributed by atoms with Gasteiger partial charge in [0.05, 0.1) is 24.2 Å². The molecule has 2 heterocycles. The van der Waals surface area contributed by atoms with E-state index in [1.165, 1.54) is 18.5 Å². The summed E-state index contributed by atoms with van der Waals surface area (Å²) in [5.41, 5.74) is 2.28. The molecular weight excluding hydrogens is 264 g/mol. The molecule has 0 amide bonds. The smallest absolute Gasteiger partial charge is 0.131 e. The molecule has 1 aromatic heterocycles. The van der Waals surface area contributed by atoms with Crippen molar-refractivity contribution in [3.05, 3.63) is 17.7 Å². The quantitative estimate of drug-likeness (QED) is 0.871. The Hall–Kier alpha value is -1.20. The van der Waals surface area contributed by atoms with Gasteiger partial charge in [-0.05, 0) is 25.8 Å². The number of ether oxygens (including phenoxy) is 1. The zero-order chi connectivity index (χ0) is 15.2. The molecule has 0 radical (unpaired) electrons. The van der Waals surface area contributed by atoms with Crippen molar-refractivity contribution in [3.8, 4) is 0 Å². The first kappa shape index (κ1) is 16.2. The summed E-state index contributed by atoms with van der Waals surface area (Å²) in [6, 6.07) is 0. The molecule has 1 unspecified atom stereocenters. The molecule has 0 saturated carbocycles. The fourth-order valence-corrected chi connectivity index (χ4v) is 2.92. The summed E-state index contributed by atoms with van der Waals surface area (Å²) in [4.78, 5) is 11.7. The van der Waals surface area contributed by atoms with E-state index in [0.29, 0.717) is 11.8 Å². The van der Waals surface area contributed by atoms with E-state index >= 15 is 0 Å². The van der Waals surface area contributed by atoms with Crippen molar-refractivity contribution in [1.29, 1.82) is 0 Å². The minimum atomic E-state index is 0.359. The first-order valence-corrected chi connectivity index (χ1v) is 7.90. The molecule has 1 aromatic rings. The maximum Gasteiger partial charge on any atom is 0.131 e. The molecule has 5 nitrogen and oxygen atoms in total. The van der Waals surface area contributed by atoms with Crippen LogP contribution < -0.4 is 10.2 Å². The number of hydrogen-bond donors (Lipinski definition) is 1. The Kier molecular flexibility index (Phi) is 5.94. The van der Waals surface area contributed by atoms with Crippen molar-refractivity contribution >= 4 is 5.69 Å². The molecule has 0 spiro atoms. The second kappa shape index (κ2) is 7.71. The van der Waals surface area contributed by atoms with Crippen LogP contribution in [-0.2, 0) is 11.3 Å². The van der Waals surface area contributed by atoms with Gasteiger partial charge < -0.3 is 15.0 Å². The second-order valence-electron chi connectivity index (χ2n) is 6.15. The summed E-state index contributed by atoms with van der Waals surface area (Å²) < 4.78 is 5.32. The number of nitrogens with zero attached hydrogens (tertiary/aromatic N) is 3. The van der Waals surface area contributed by atoms with Gasteiger partial charge in [0.2, 0.25) is 0 Å². The third-order valence-corrected chi connectivity index (χ3v) is 3.99. The van der Waals surface area contributed by atoms with Gasteiger partial charge in [0, 0.05) is 32.7 Å². The topological polar surface area (TPSA) is 50.3 Å². The van der Waals surface area contributed by atoms with E-state index in [2.05, 4.69) is 29.0 Å². The molecule has 2 rings (SSSR count). The molecule has 1 aliphatic heterocycles. The van der Waals surface area contributed by atoms with Crippen LogP contribution >= 0.6 is 0 Å². The predicted octanol–water partition coefficient (Wildman–Crippen LogP) is 2.18. The van der Waals surface area contributed by atoms with Crippen LogP contribution in [0.5, 0.6) is 0 Å². The second-order valence-corrected chi connectivity index (χ2v) is 6.15. The molecule has 1 fully saturated rings. The summed E-state index contributed by atoms with van der Waals surface area (Å²) in [7, 11) is 3.75. The molecule has 1 saturated heterocycles. The Morgan fingerprint density at radius 1 is 1.48 bits per heavy atom. The van der Waals surface area contributed by atoms with Crippen LogP contribution in [0.25, 0.3) is 0 Å². The third-order valence-electron chi connectivity index (χ3n) is 3.99. The number of methoxy groups -OCH3 is 1. The Morgan fingerprint density at radius 3 is 2.95 bits per heavy atom. The first-order valence-electron chi connectivity index (χ1n) is 7.90. The van der Waals surface area contributed by atoms with Crippen molar-refractivity contribution in [2.75, 3.05) is 38.8 Å². The highest BCUT2D eigenvalue weighted by Crippen LogP contribution is 2.26. The van der Waals surface area contributed by atoms with Crippen LogP contribution in [0.1, 0.15) is 44.1 Å². The molecule has 0 bridgehead atoms. The summed E-state index contributed by atoms with van der Waals surface area (Å²) in [5, 5.41) is 3.22. The molecular formula is C16H28N4O. The van der Waals surface area contributed by atoms with Gasteiger partial charge in [-0.1, -0.05) is 13.8 Å². The van der Waals surface area contributed by atoms with Crippen LogP contribution in [0.2, 0.25) is 0 Å². The van der Waals surface area contributed by atoms with E-state index in [0.717, 1.165) is 37.8 Å². The van der Waals surface area contributed by atoms with Gasteiger partial charge in [-0.25, -0.2) is 9.97 Å². The lowest BCUT2D eigenvalue weighted by Gasteiger charge is -2.34.